The van der Waals surface area contributed by atoms with E-state index in [1.807, 2.05) is 6.92 Å². The van der Waals surface area contributed by atoms with Crippen molar-refractivity contribution in [1.82, 2.24) is 0 Å². The van der Waals surface area contributed by atoms with E-state index < -0.39 is 12.0 Å². The zero-order chi connectivity index (χ0) is 14.3. The van der Waals surface area contributed by atoms with Crippen LogP contribution in [0.3, 0.4) is 0 Å². The fraction of sp³-hybridized carbons (Fsp3) is 0.308. The highest BCUT2D eigenvalue weighted by Crippen LogP contribution is 2.04. The number of carbonyl (C=O) groups is 2. The third-order valence-electron chi connectivity index (χ3n) is 2.40. The van der Waals surface area contributed by atoms with E-state index in [1.165, 1.54) is 12.1 Å². The molecule has 0 aliphatic heterocycles. The summed E-state index contributed by atoms with van der Waals surface area (Å²) in [7, 11) is 0. The average Bonchev–Trinajstić information content (AvgIpc) is 2.39. The number of nitrogens with zero attached hydrogens (tertiary/aromatic N) is 1. The van der Waals surface area contributed by atoms with Crippen molar-refractivity contribution >= 4 is 17.8 Å². The van der Waals surface area contributed by atoms with Crippen molar-refractivity contribution in [2.45, 2.75) is 19.8 Å². The number of carbonyl (C=O) groups excluding carboxylic acids is 2. The van der Waals surface area contributed by atoms with Crippen molar-refractivity contribution in [3.8, 4) is 0 Å². The summed E-state index contributed by atoms with van der Waals surface area (Å²) < 4.78 is 4.86. The fourth-order valence-corrected chi connectivity index (χ4v) is 1.30. The number of amidine groups is 1. The Morgan fingerprint density at radius 3 is 2.26 bits per heavy atom. The lowest BCUT2D eigenvalue weighted by molar-refractivity contribution is 0.1000. The Balaban J connectivity index is 2.68. The first-order valence-corrected chi connectivity index (χ1v) is 5.95. The standard InChI is InChI=1S/C13H17N3O3/c1-2-3-8-19-13(18)16-11(14)9-4-6-10(7-5-9)12(15)17/h4-7H,2-3,8H2,1H3,(H2,15,17)(H2,14,16,18). The summed E-state index contributed by atoms with van der Waals surface area (Å²) in [6, 6.07) is 6.17. The summed E-state index contributed by atoms with van der Waals surface area (Å²) >= 11 is 0. The number of hydrogen-bond acceptors (Lipinski definition) is 3. The smallest absolute Gasteiger partial charge is 0.435 e. The third kappa shape index (κ3) is 4.79. The molecular weight excluding hydrogens is 246 g/mol. The molecule has 0 heterocycles. The third-order valence-corrected chi connectivity index (χ3v) is 2.40. The fourth-order valence-electron chi connectivity index (χ4n) is 1.30. The summed E-state index contributed by atoms with van der Waals surface area (Å²) in [6.45, 7) is 2.32. The van der Waals surface area contributed by atoms with Crippen LogP contribution >= 0.6 is 0 Å². The maximum absolute atomic E-state index is 11.3. The second kappa shape index (κ2) is 7.15. The summed E-state index contributed by atoms with van der Waals surface area (Å²) in [5.41, 5.74) is 11.7. The molecular formula is C13H17N3O3. The lowest BCUT2D eigenvalue weighted by Gasteiger charge is -2.03. The lowest BCUT2D eigenvalue weighted by Crippen LogP contribution is -2.17. The van der Waals surface area contributed by atoms with Gasteiger partial charge in [0.1, 0.15) is 5.84 Å². The van der Waals surface area contributed by atoms with Crippen LogP contribution < -0.4 is 11.5 Å². The van der Waals surface area contributed by atoms with Gasteiger partial charge in [-0.25, -0.2) is 4.79 Å². The van der Waals surface area contributed by atoms with Crippen LogP contribution in [0, 0.1) is 0 Å². The Bertz CT molecular complexity index is 480. The Kier molecular flexibility index (Phi) is 5.53. The Hall–Kier alpha value is -2.37. The maximum atomic E-state index is 11.3. The van der Waals surface area contributed by atoms with Gasteiger partial charge in [0.2, 0.25) is 5.91 Å². The highest BCUT2D eigenvalue weighted by Gasteiger charge is 2.05. The molecule has 19 heavy (non-hydrogen) atoms. The van der Waals surface area contributed by atoms with E-state index in [0.29, 0.717) is 17.7 Å². The Morgan fingerprint density at radius 2 is 1.74 bits per heavy atom. The SMILES string of the molecule is CCCCOC(=O)N=C(N)c1ccc(C(N)=O)cc1. The van der Waals surface area contributed by atoms with Crippen LogP contribution in [0.25, 0.3) is 0 Å². The van der Waals surface area contributed by atoms with Crippen LogP contribution in [-0.4, -0.2) is 24.4 Å². The van der Waals surface area contributed by atoms with Gasteiger partial charge in [0.15, 0.2) is 0 Å². The number of nitrogens with two attached hydrogens (primary N) is 2. The molecule has 0 aromatic heterocycles. The predicted molar refractivity (Wildman–Crippen MR) is 71.9 cm³/mol. The van der Waals surface area contributed by atoms with Gasteiger partial charge in [0, 0.05) is 11.1 Å². The largest absolute Gasteiger partial charge is 0.448 e. The average molecular weight is 263 g/mol. The molecule has 0 saturated carbocycles. The van der Waals surface area contributed by atoms with E-state index >= 15 is 0 Å². The molecule has 0 bridgehead atoms. The number of benzene rings is 1. The topological polar surface area (TPSA) is 108 Å². The normalized spacial score (nSPS) is 11.1. The molecule has 4 N–H and O–H groups in total. The van der Waals surface area contributed by atoms with E-state index in [4.69, 9.17) is 16.2 Å². The minimum atomic E-state index is -0.718. The summed E-state index contributed by atoms with van der Waals surface area (Å²) in [5, 5.41) is 0. The van der Waals surface area contributed by atoms with Gasteiger partial charge in [0.05, 0.1) is 6.61 Å². The summed E-state index contributed by atoms with van der Waals surface area (Å²) in [6.07, 6.45) is 1.00. The molecule has 102 valence electrons. The molecule has 6 nitrogen and oxygen atoms in total. The number of rotatable bonds is 5. The number of amides is 2. The quantitative estimate of drug-likeness (QED) is 0.476. The highest BCUT2D eigenvalue weighted by molar-refractivity contribution is 6.03. The molecule has 1 aromatic carbocycles. The van der Waals surface area contributed by atoms with Gasteiger partial charge in [-0.05, 0) is 18.6 Å². The zero-order valence-corrected chi connectivity index (χ0v) is 10.8. The Morgan fingerprint density at radius 1 is 1.16 bits per heavy atom. The molecule has 1 rings (SSSR count). The number of ether oxygens (including phenoxy) is 1. The van der Waals surface area contributed by atoms with Crippen LogP contribution in [0.1, 0.15) is 35.7 Å². The number of primary amides is 1. The molecule has 0 fully saturated rings. The monoisotopic (exact) mass is 263 g/mol. The Labute approximate surface area is 111 Å². The van der Waals surface area contributed by atoms with Gasteiger partial charge >= 0.3 is 6.09 Å². The second-order valence-corrected chi connectivity index (χ2v) is 3.91. The minimum Gasteiger partial charge on any atom is -0.448 e. The molecule has 2 amide bonds. The number of aliphatic imine (C=N–C) groups is 1. The first kappa shape index (κ1) is 14.7. The van der Waals surface area contributed by atoms with Crippen molar-refractivity contribution in [3.63, 3.8) is 0 Å². The molecule has 6 heteroatoms. The van der Waals surface area contributed by atoms with Crippen molar-refractivity contribution in [2.75, 3.05) is 6.61 Å². The molecule has 0 radical (unpaired) electrons. The van der Waals surface area contributed by atoms with Gasteiger partial charge < -0.3 is 16.2 Å². The highest BCUT2D eigenvalue weighted by atomic mass is 16.5. The minimum absolute atomic E-state index is 0.0394. The molecule has 0 spiro atoms. The molecule has 1 aromatic rings. The van der Waals surface area contributed by atoms with Crippen LogP contribution in [0.4, 0.5) is 4.79 Å². The summed E-state index contributed by atoms with van der Waals surface area (Å²) in [5.74, 6) is -0.487. The maximum Gasteiger partial charge on any atom is 0.435 e. The van der Waals surface area contributed by atoms with E-state index in [0.717, 1.165) is 12.8 Å². The van der Waals surface area contributed by atoms with Crippen LogP contribution in [0.2, 0.25) is 0 Å². The van der Waals surface area contributed by atoms with Gasteiger partial charge in [-0.15, -0.1) is 0 Å². The molecule has 0 aliphatic rings. The van der Waals surface area contributed by atoms with E-state index in [2.05, 4.69) is 4.99 Å². The molecule has 0 saturated heterocycles. The zero-order valence-electron chi connectivity index (χ0n) is 10.8. The first-order chi connectivity index (χ1) is 9.04. The van der Waals surface area contributed by atoms with Crippen molar-refractivity contribution < 1.29 is 14.3 Å². The second-order valence-electron chi connectivity index (χ2n) is 3.91. The van der Waals surface area contributed by atoms with E-state index in [9.17, 15) is 9.59 Å². The number of hydrogen-bond donors (Lipinski definition) is 2. The lowest BCUT2D eigenvalue weighted by atomic mass is 10.1. The first-order valence-electron chi connectivity index (χ1n) is 5.95. The van der Waals surface area contributed by atoms with E-state index in [1.54, 1.807) is 12.1 Å². The van der Waals surface area contributed by atoms with Gasteiger partial charge in [-0.1, -0.05) is 25.5 Å². The summed E-state index contributed by atoms with van der Waals surface area (Å²) in [4.78, 5) is 25.8. The number of unbranched alkanes of at least 4 members (excludes halogenated alkanes) is 1. The molecule has 0 aliphatic carbocycles. The van der Waals surface area contributed by atoms with Crippen molar-refractivity contribution in [1.29, 1.82) is 0 Å². The van der Waals surface area contributed by atoms with Gasteiger partial charge in [-0.3, -0.25) is 4.79 Å². The van der Waals surface area contributed by atoms with Crippen molar-refractivity contribution in [3.05, 3.63) is 35.4 Å². The van der Waals surface area contributed by atoms with Crippen molar-refractivity contribution in [2.24, 2.45) is 16.5 Å². The van der Waals surface area contributed by atoms with Crippen LogP contribution in [0.15, 0.2) is 29.3 Å². The van der Waals surface area contributed by atoms with Gasteiger partial charge in [0.25, 0.3) is 0 Å². The predicted octanol–water partition coefficient (Wildman–Crippen LogP) is 1.43. The molecule has 0 atom stereocenters. The van der Waals surface area contributed by atoms with Crippen LogP contribution in [-0.2, 0) is 4.74 Å². The van der Waals surface area contributed by atoms with Crippen LogP contribution in [0.5, 0.6) is 0 Å². The van der Waals surface area contributed by atoms with E-state index in [-0.39, 0.29) is 5.84 Å². The molecule has 0 unspecified atom stereocenters. The van der Waals surface area contributed by atoms with Gasteiger partial charge in [-0.2, -0.15) is 4.99 Å².